The van der Waals surface area contributed by atoms with E-state index >= 15 is 0 Å². The second-order valence-electron chi connectivity index (χ2n) is 5.26. The molecule has 0 bridgehead atoms. The largest absolute Gasteiger partial charge is 0.393 e. The number of carbonyl (C=O) groups is 2. The first-order chi connectivity index (χ1) is 9.75. The van der Waals surface area contributed by atoms with Crippen molar-refractivity contribution >= 4 is 11.9 Å². The fraction of sp³-hybridized carbons (Fsp3) is 0.176. The van der Waals surface area contributed by atoms with Crippen molar-refractivity contribution in [3.8, 4) is 11.1 Å². The van der Waals surface area contributed by atoms with Gasteiger partial charge in [-0.3, -0.25) is 9.59 Å². The molecule has 98 valence electrons. The minimum absolute atomic E-state index is 0.0682. The van der Waals surface area contributed by atoms with Crippen LogP contribution in [0.2, 0.25) is 0 Å². The van der Waals surface area contributed by atoms with Gasteiger partial charge in [-0.25, -0.2) is 0 Å². The van der Waals surface area contributed by atoms with Gasteiger partial charge in [0.1, 0.15) is 0 Å². The molecule has 2 aromatic carbocycles. The summed E-state index contributed by atoms with van der Waals surface area (Å²) in [6, 6.07) is 16.1. The highest BCUT2D eigenvalue weighted by Gasteiger charge is 2.44. The number of cyclic esters (lactones) is 2. The van der Waals surface area contributed by atoms with E-state index in [9.17, 15) is 9.59 Å². The molecular weight excluding hydrogens is 252 g/mol. The minimum atomic E-state index is -0.415. The molecule has 20 heavy (non-hydrogen) atoms. The average Bonchev–Trinajstić information content (AvgIpc) is 2.96. The summed E-state index contributed by atoms with van der Waals surface area (Å²) in [4.78, 5) is 23.3. The third-order valence-electron chi connectivity index (χ3n) is 4.19. The molecule has 0 spiro atoms. The monoisotopic (exact) mass is 264 g/mol. The van der Waals surface area contributed by atoms with Crippen LogP contribution in [0.3, 0.4) is 0 Å². The van der Waals surface area contributed by atoms with Crippen molar-refractivity contribution < 1.29 is 14.3 Å². The van der Waals surface area contributed by atoms with Gasteiger partial charge in [-0.2, -0.15) is 0 Å². The maximum atomic E-state index is 11.9. The van der Waals surface area contributed by atoms with Gasteiger partial charge in [0.05, 0.1) is 12.3 Å². The molecule has 2 aromatic rings. The summed E-state index contributed by atoms with van der Waals surface area (Å²) >= 11 is 0. The van der Waals surface area contributed by atoms with E-state index in [2.05, 4.69) is 12.1 Å². The third kappa shape index (κ3) is 1.46. The van der Waals surface area contributed by atoms with Crippen LogP contribution in [0.25, 0.3) is 11.1 Å². The first-order valence-electron chi connectivity index (χ1n) is 6.68. The molecule has 1 aliphatic heterocycles. The van der Waals surface area contributed by atoms with E-state index in [1.54, 1.807) is 0 Å². The zero-order chi connectivity index (χ0) is 13.7. The number of fused-ring (bicyclic) bond motifs is 3. The molecule has 0 N–H and O–H groups in total. The van der Waals surface area contributed by atoms with Crippen LogP contribution in [-0.4, -0.2) is 11.9 Å². The molecule has 0 radical (unpaired) electrons. The maximum Gasteiger partial charge on any atom is 0.318 e. The molecule has 1 saturated heterocycles. The van der Waals surface area contributed by atoms with Crippen molar-refractivity contribution in [2.24, 2.45) is 5.92 Å². The van der Waals surface area contributed by atoms with Crippen molar-refractivity contribution in [1.29, 1.82) is 0 Å². The van der Waals surface area contributed by atoms with Gasteiger partial charge >= 0.3 is 11.9 Å². The van der Waals surface area contributed by atoms with Crippen molar-refractivity contribution in [3.05, 3.63) is 59.7 Å². The van der Waals surface area contributed by atoms with E-state index in [1.807, 2.05) is 36.4 Å². The average molecular weight is 264 g/mol. The molecule has 3 nitrogen and oxygen atoms in total. The van der Waals surface area contributed by atoms with Crippen LogP contribution >= 0.6 is 0 Å². The first kappa shape index (κ1) is 11.4. The van der Waals surface area contributed by atoms with E-state index < -0.39 is 17.9 Å². The topological polar surface area (TPSA) is 43.4 Å². The van der Waals surface area contributed by atoms with Crippen molar-refractivity contribution in [2.45, 2.75) is 12.3 Å². The van der Waals surface area contributed by atoms with Gasteiger partial charge in [0.2, 0.25) is 0 Å². The molecule has 2 aliphatic rings. The standard InChI is InChI=1S/C17H12O3/c18-15-9-14(17(19)20-15)16-12-7-3-1-5-10(12)11-6-2-4-8-13(11)16/h1-8,14,16H,9H2. The summed E-state index contributed by atoms with van der Waals surface area (Å²) in [7, 11) is 0. The van der Waals surface area contributed by atoms with Crippen LogP contribution in [0.1, 0.15) is 23.5 Å². The summed E-state index contributed by atoms with van der Waals surface area (Å²) in [5.74, 6) is -1.28. The summed E-state index contributed by atoms with van der Waals surface area (Å²) in [6.07, 6.45) is 0.173. The van der Waals surface area contributed by atoms with E-state index in [1.165, 1.54) is 0 Å². The van der Waals surface area contributed by atoms with Crippen LogP contribution in [-0.2, 0) is 14.3 Å². The molecule has 3 heteroatoms. The number of carbonyl (C=O) groups excluding carboxylic acids is 2. The molecule has 0 aromatic heterocycles. The zero-order valence-corrected chi connectivity index (χ0v) is 10.7. The number of hydrogen-bond acceptors (Lipinski definition) is 3. The van der Waals surface area contributed by atoms with Crippen LogP contribution in [0.4, 0.5) is 0 Å². The Morgan fingerprint density at radius 2 is 1.40 bits per heavy atom. The van der Waals surface area contributed by atoms with Crippen LogP contribution in [0.15, 0.2) is 48.5 Å². The lowest BCUT2D eigenvalue weighted by Crippen LogP contribution is -2.17. The highest BCUT2D eigenvalue weighted by atomic mass is 16.6. The number of benzene rings is 2. The summed E-state index contributed by atoms with van der Waals surface area (Å²) in [6.45, 7) is 0. The number of ether oxygens (including phenoxy) is 1. The number of rotatable bonds is 1. The number of hydrogen-bond donors (Lipinski definition) is 0. The lowest BCUT2D eigenvalue weighted by molar-refractivity contribution is -0.153. The van der Waals surface area contributed by atoms with Crippen molar-refractivity contribution in [1.82, 2.24) is 0 Å². The Morgan fingerprint density at radius 1 is 0.850 bits per heavy atom. The lowest BCUT2D eigenvalue weighted by Gasteiger charge is -2.17. The predicted molar refractivity (Wildman–Crippen MR) is 72.9 cm³/mol. The molecule has 0 amide bonds. The van der Waals surface area contributed by atoms with E-state index in [4.69, 9.17) is 4.74 Å². The Hall–Kier alpha value is -2.42. The molecule has 1 fully saturated rings. The Bertz CT molecular complexity index is 687. The second kappa shape index (κ2) is 4.04. The Kier molecular flexibility index (Phi) is 2.30. The van der Waals surface area contributed by atoms with E-state index in [-0.39, 0.29) is 12.3 Å². The fourth-order valence-corrected chi connectivity index (χ4v) is 3.37. The molecule has 1 atom stereocenters. The fourth-order valence-electron chi connectivity index (χ4n) is 3.37. The summed E-state index contributed by atoms with van der Waals surface area (Å²) < 4.78 is 4.74. The van der Waals surface area contributed by atoms with Crippen LogP contribution in [0, 0.1) is 5.92 Å². The Balaban J connectivity index is 1.92. The SMILES string of the molecule is O=C1CC(C2c3ccccc3-c3ccccc32)C(=O)O1. The van der Waals surface area contributed by atoms with E-state index in [0.717, 1.165) is 22.3 Å². The quantitative estimate of drug-likeness (QED) is 0.587. The maximum absolute atomic E-state index is 11.9. The smallest absolute Gasteiger partial charge is 0.318 e. The van der Waals surface area contributed by atoms with Crippen LogP contribution < -0.4 is 0 Å². The Labute approximate surface area is 116 Å². The highest BCUT2D eigenvalue weighted by molar-refractivity contribution is 5.96. The molecule has 0 saturated carbocycles. The van der Waals surface area contributed by atoms with Crippen molar-refractivity contribution in [3.63, 3.8) is 0 Å². The lowest BCUT2D eigenvalue weighted by atomic mass is 9.83. The zero-order valence-electron chi connectivity index (χ0n) is 10.7. The number of esters is 2. The second-order valence-corrected chi connectivity index (χ2v) is 5.26. The van der Waals surface area contributed by atoms with Crippen molar-refractivity contribution in [2.75, 3.05) is 0 Å². The molecular formula is C17H12O3. The molecule has 1 heterocycles. The van der Waals surface area contributed by atoms with Gasteiger partial charge in [0.25, 0.3) is 0 Å². The normalized spacial score (nSPS) is 20.7. The van der Waals surface area contributed by atoms with Gasteiger partial charge in [0.15, 0.2) is 0 Å². The molecule has 1 aliphatic carbocycles. The third-order valence-corrected chi connectivity index (χ3v) is 4.19. The molecule has 4 rings (SSSR count). The summed E-state index contributed by atoms with van der Waals surface area (Å²) in [5.41, 5.74) is 4.54. The first-order valence-corrected chi connectivity index (χ1v) is 6.68. The summed E-state index contributed by atoms with van der Waals surface area (Å²) in [5, 5.41) is 0. The van der Waals surface area contributed by atoms with Gasteiger partial charge in [-0.15, -0.1) is 0 Å². The van der Waals surface area contributed by atoms with Gasteiger partial charge in [-0.1, -0.05) is 48.5 Å². The molecule has 1 unspecified atom stereocenters. The van der Waals surface area contributed by atoms with Gasteiger partial charge in [0, 0.05) is 5.92 Å². The van der Waals surface area contributed by atoms with E-state index in [0.29, 0.717) is 0 Å². The predicted octanol–water partition coefficient (Wildman–Crippen LogP) is 2.89. The van der Waals surface area contributed by atoms with Gasteiger partial charge in [-0.05, 0) is 22.3 Å². The Morgan fingerprint density at radius 3 is 1.90 bits per heavy atom. The van der Waals surface area contributed by atoms with Crippen LogP contribution in [0.5, 0.6) is 0 Å². The highest BCUT2D eigenvalue weighted by Crippen LogP contribution is 2.50. The van der Waals surface area contributed by atoms with Gasteiger partial charge < -0.3 is 4.74 Å². The minimum Gasteiger partial charge on any atom is -0.393 e.